The Morgan fingerprint density at radius 3 is 2.50 bits per heavy atom. The molecule has 1 saturated carbocycles. The molecule has 2 fully saturated rings. The quantitative estimate of drug-likeness (QED) is 0.792. The van der Waals surface area contributed by atoms with Crippen LogP contribution in [0.5, 0.6) is 0 Å². The average molecular weight is 254 g/mol. The van der Waals surface area contributed by atoms with Crippen LogP contribution in [0.25, 0.3) is 0 Å². The van der Waals surface area contributed by atoms with Crippen molar-refractivity contribution in [1.82, 2.24) is 5.32 Å². The second-order valence-corrected chi connectivity index (χ2v) is 6.62. The summed E-state index contributed by atoms with van der Waals surface area (Å²) in [7, 11) is 0. The van der Waals surface area contributed by atoms with Crippen LogP contribution in [0.15, 0.2) is 0 Å². The molecule has 2 atom stereocenters. The first-order valence-electron chi connectivity index (χ1n) is 7.67. The third-order valence-electron chi connectivity index (χ3n) is 5.42. The summed E-state index contributed by atoms with van der Waals surface area (Å²) in [4.78, 5) is 0. The van der Waals surface area contributed by atoms with Crippen LogP contribution in [-0.4, -0.2) is 31.3 Å². The van der Waals surface area contributed by atoms with Crippen molar-refractivity contribution >= 4 is 0 Å². The molecule has 1 saturated heterocycles. The fraction of sp³-hybridized carbons (Fsp3) is 1.00. The molecule has 2 unspecified atom stereocenters. The lowest BCUT2D eigenvalue weighted by Crippen LogP contribution is -2.49. The van der Waals surface area contributed by atoms with Gasteiger partial charge in [0.25, 0.3) is 0 Å². The molecule has 0 aromatic rings. The third kappa shape index (κ3) is 3.06. The predicted molar refractivity (Wildman–Crippen MR) is 75.6 cm³/mol. The highest BCUT2D eigenvalue weighted by Gasteiger charge is 2.37. The Bertz CT molecular complexity index is 263. The minimum absolute atomic E-state index is 0.171. The molecule has 3 N–H and O–H groups in total. The number of hydrogen-bond acceptors (Lipinski definition) is 3. The molecule has 0 spiro atoms. The zero-order valence-corrected chi connectivity index (χ0v) is 12.1. The van der Waals surface area contributed by atoms with Gasteiger partial charge in [0.2, 0.25) is 0 Å². The molecule has 3 heteroatoms. The van der Waals surface area contributed by atoms with E-state index < -0.39 is 0 Å². The lowest BCUT2D eigenvalue weighted by atomic mass is 9.72. The molecular formula is C15H30N2O. The van der Waals surface area contributed by atoms with Crippen molar-refractivity contribution in [2.75, 3.05) is 19.7 Å². The van der Waals surface area contributed by atoms with Crippen LogP contribution in [0, 0.1) is 5.41 Å². The molecule has 3 nitrogen and oxygen atoms in total. The van der Waals surface area contributed by atoms with Crippen molar-refractivity contribution in [3.63, 3.8) is 0 Å². The minimum atomic E-state index is 0.171. The van der Waals surface area contributed by atoms with Gasteiger partial charge in [-0.25, -0.2) is 0 Å². The predicted octanol–water partition coefficient (Wildman–Crippen LogP) is 2.44. The van der Waals surface area contributed by atoms with E-state index in [4.69, 9.17) is 10.5 Å². The lowest BCUT2D eigenvalue weighted by Gasteiger charge is -2.38. The van der Waals surface area contributed by atoms with Gasteiger partial charge in [-0.2, -0.15) is 0 Å². The fourth-order valence-corrected chi connectivity index (χ4v) is 3.54. The second-order valence-electron chi connectivity index (χ2n) is 6.62. The van der Waals surface area contributed by atoms with Gasteiger partial charge >= 0.3 is 0 Å². The van der Waals surface area contributed by atoms with E-state index in [1.807, 2.05) is 0 Å². The van der Waals surface area contributed by atoms with Gasteiger partial charge in [-0.3, -0.25) is 0 Å². The molecule has 0 amide bonds. The summed E-state index contributed by atoms with van der Waals surface area (Å²) >= 11 is 0. The Kier molecular flexibility index (Phi) is 4.68. The second kappa shape index (κ2) is 5.89. The number of nitrogens with one attached hydrogen (secondary N) is 1. The van der Waals surface area contributed by atoms with Crippen molar-refractivity contribution in [3.05, 3.63) is 0 Å². The largest absolute Gasteiger partial charge is 0.377 e. The van der Waals surface area contributed by atoms with Gasteiger partial charge in [-0.05, 0) is 58.0 Å². The fourth-order valence-electron chi connectivity index (χ4n) is 3.54. The Hall–Kier alpha value is -0.120. The van der Waals surface area contributed by atoms with E-state index in [-0.39, 0.29) is 5.54 Å². The molecule has 1 aliphatic carbocycles. The van der Waals surface area contributed by atoms with E-state index in [0.29, 0.717) is 11.5 Å². The molecule has 0 radical (unpaired) electrons. The minimum Gasteiger partial charge on any atom is -0.377 e. The third-order valence-corrected chi connectivity index (χ3v) is 5.42. The summed E-state index contributed by atoms with van der Waals surface area (Å²) in [6, 6.07) is 0. The summed E-state index contributed by atoms with van der Waals surface area (Å²) < 4.78 is 5.68. The Balaban J connectivity index is 1.80. The van der Waals surface area contributed by atoms with Gasteiger partial charge in [-0.15, -0.1) is 0 Å². The highest BCUT2D eigenvalue weighted by atomic mass is 16.5. The number of rotatable bonds is 5. The highest BCUT2D eigenvalue weighted by Crippen LogP contribution is 2.38. The summed E-state index contributed by atoms with van der Waals surface area (Å²) in [6.45, 7) is 7.31. The molecule has 2 rings (SSSR count). The molecule has 0 aromatic carbocycles. The van der Waals surface area contributed by atoms with Crippen LogP contribution in [0.3, 0.4) is 0 Å². The van der Waals surface area contributed by atoms with Gasteiger partial charge in [-0.1, -0.05) is 19.3 Å². The van der Waals surface area contributed by atoms with Crippen molar-refractivity contribution < 1.29 is 4.74 Å². The van der Waals surface area contributed by atoms with E-state index in [0.717, 1.165) is 26.1 Å². The van der Waals surface area contributed by atoms with E-state index in [2.05, 4.69) is 19.2 Å². The molecule has 0 bridgehead atoms. The van der Waals surface area contributed by atoms with Gasteiger partial charge < -0.3 is 15.8 Å². The van der Waals surface area contributed by atoms with E-state index in [1.165, 1.54) is 38.5 Å². The first-order valence-corrected chi connectivity index (χ1v) is 7.67. The summed E-state index contributed by atoms with van der Waals surface area (Å²) in [6.07, 6.45) is 9.48. The standard InChI is InChI=1S/C15H30N2O/c1-13-14(2,9-11-18-13)17-10-8-15(12-16)6-4-3-5-7-15/h13,17H,3-12,16H2,1-2H3. The molecule has 0 aromatic heterocycles. The average Bonchev–Trinajstić information content (AvgIpc) is 2.71. The first kappa shape index (κ1) is 14.3. The summed E-state index contributed by atoms with van der Waals surface area (Å²) in [5.74, 6) is 0. The summed E-state index contributed by atoms with van der Waals surface area (Å²) in [5, 5.41) is 3.73. The van der Waals surface area contributed by atoms with Crippen LogP contribution >= 0.6 is 0 Å². The topological polar surface area (TPSA) is 47.3 Å². The number of ether oxygens (including phenoxy) is 1. The van der Waals surface area contributed by atoms with Gasteiger partial charge in [0.1, 0.15) is 0 Å². The first-order chi connectivity index (χ1) is 8.60. The van der Waals surface area contributed by atoms with Crippen molar-refractivity contribution in [2.45, 2.75) is 70.4 Å². The van der Waals surface area contributed by atoms with Crippen LogP contribution in [0.2, 0.25) is 0 Å². The normalized spacial score (nSPS) is 35.8. The lowest BCUT2D eigenvalue weighted by molar-refractivity contribution is 0.0854. The van der Waals surface area contributed by atoms with Crippen molar-refractivity contribution in [1.29, 1.82) is 0 Å². The van der Waals surface area contributed by atoms with Crippen LogP contribution < -0.4 is 11.1 Å². The molecule has 1 aliphatic heterocycles. The van der Waals surface area contributed by atoms with Crippen molar-refractivity contribution in [3.8, 4) is 0 Å². The Morgan fingerprint density at radius 2 is 1.94 bits per heavy atom. The number of hydrogen-bond donors (Lipinski definition) is 2. The van der Waals surface area contributed by atoms with E-state index in [1.54, 1.807) is 0 Å². The summed E-state index contributed by atoms with van der Waals surface area (Å²) in [5.41, 5.74) is 6.63. The highest BCUT2D eigenvalue weighted by molar-refractivity contribution is 4.94. The van der Waals surface area contributed by atoms with E-state index in [9.17, 15) is 0 Å². The van der Waals surface area contributed by atoms with E-state index >= 15 is 0 Å². The maximum atomic E-state index is 6.04. The molecule has 2 aliphatic rings. The van der Waals surface area contributed by atoms with Crippen molar-refractivity contribution in [2.24, 2.45) is 11.1 Å². The van der Waals surface area contributed by atoms with Gasteiger partial charge in [0.05, 0.1) is 6.10 Å². The Labute approximate surface area is 112 Å². The number of nitrogens with two attached hydrogens (primary N) is 1. The van der Waals surface area contributed by atoms with Crippen LogP contribution in [0.1, 0.15) is 58.8 Å². The molecule has 18 heavy (non-hydrogen) atoms. The maximum absolute atomic E-state index is 6.04. The SMILES string of the molecule is CC1OCCC1(C)NCCC1(CN)CCCCC1. The zero-order chi connectivity index (χ0) is 13.1. The zero-order valence-electron chi connectivity index (χ0n) is 12.1. The molecular weight excluding hydrogens is 224 g/mol. The smallest absolute Gasteiger partial charge is 0.0726 e. The monoisotopic (exact) mass is 254 g/mol. The van der Waals surface area contributed by atoms with Gasteiger partial charge in [0.15, 0.2) is 0 Å². The van der Waals surface area contributed by atoms with Crippen LogP contribution in [-0.2, 0) is 4.74 Å². The maximum Gasteiger partial charge on any atom is 0.0726 e. The Morgan fingerprint density at radius 1 is 1.22 bits per heavy atom. The molecule has 106 valence electrons. The van der Waals surface area contributed by atoms with Crippen LogP contribution in [0.4, 0.5) is 0 Å². The molecule has 1 heterocycles. The van der Waals surface area contributed by atoms with Gasteiger partial charge in [0, 0.05) is 12.1 Å².